The number of carboxylic acid groups (broad SMARTS) is 1. The second-order valence-electron chi connectivity index (χ2n) is 7.19. The van der Waals surface area contributed by atoms with Crippen molar-refractivity contribution >= 4 is 22.8 Å². The molecular weight excluding hydrogens is 452 g/mol. The van der Waals surface area contributed by atoms with Crippen molar-refractivity contribution in [2.75, 3.05) is 13.2 Å². The van der Waals surface area contributed by atoms with Crippen molar-refractivity contribution in [1.29, 1.82) is 0 Å². The first kappa shape index (κ1) is 22.1. The van der Waals surface area contributed by atoms with E-state index in [9.17, 15) is 37.1 Å². The van der Waals surface area contributed by atoms with Gasteiger partial charge in [-0.1, -0.05) is 12.1 Å². The van der Waals surface area contributed by atoms with Crippen molar-refractivity contribution in [3.8, 4) is 11.5 Å². The van der Waals surface area contributed by atoms with E-state index in [1.54, 1.807) is 0 Å². The summed E-state index contributed by atoms with van der Waals surface area (Å²) in [5.41, 5.74) is -2.80. The molecule has 1 amide bonds. The van der Waals surface area contributed by atoms with Crippen molar-refractivity contribution in [3.63, 3.8) is 0 Å². The number of ether oxygens (including phenoxy) is 1. The molecule has 2 aromatic carbocycles. The van der Waals surface area contributed by atoms with Gasteiger partial charge in [0.25, 0.3) is 11.5 Å². The molecule has 1 aliphatic rings. The molecule has 1 unspecified atom stereocenters. The first-order valence-corrected chi connectivity index (χ1v) is 9.40. The van der Waals surface area contributed by atoms with E-state index in [-0.39, 0.29) is 28.8 Å². The lowest BCUT2D eigenvalue weighted by atomic mass is 10.0. The molecule has 3 N–H and O–H groups in total. The number of rotatable bonds is 4. The Morgan fingerprint density at radius 1 is 1.15 bits per heavy atom. The molecule has 8 nitrogen and oxygen atoms in total. The molecular formula is C21H14F4N2O6. The van der Waals surface area contributed by atoms with Crippen molar-refractivity contribution in [2.24, 2.45) is 0 Å². The van der Waals surface area contributed by atoms with Gasteiger partial charge < -0.3 is 20.3 Å². The Kier molecular flexibility index (Phi) is 5.23. The monoisotopic (exact) mass is 466 g/mol. The number of alkyl halides is 3. The maximum Gasteiger partial charge on any atom is 0.416 e. The number of amides is 1. The van der Waals surface area contributed by atoms with E-state index in [0.717, 1.165) is 41.0 Å². The molecule has 12 heteroatoms. The van der Waals surface area contributed by atoms with E-state index in [4.69, 9.17) is 9.84 Å². The van der Waals surface area contributed by atoms with Crippen LogP contribution in [0.1, 0.15) is 27.5 Å². The normalized spacial score (nSPS) is 15.2. The minimum atomic E-state index is -4.59. The lowest BCUT2D eigenvalue weighted by molar-refractivity contribution is -0.138. The van der Waals surface area contributed by atoms with Gasteiger partial charge in [0, 0.05) is 5.39 Å². The first-order valence-electron chi connectivity index (χ1n) is 9.40. The zero-order valence-electron chi connectivity index (χ0n) is 16.4. The molecule has 0 saturated heterocycles. The number of pyridine rings is 1. The van der Waals surface area contributed by atoms with Crippen LogP contribution in [0.3, 0.4) is 0 Å². The molecule has 4 rings (SSSR count). The maximum atomic E-state index is 14.4. The lowest BCUT2D eigenvalue weighted by Gasteiger charge is -2.30. The Bertz CT molecular complexity index is 1350. The second kappa shape index (κ2) is 7.80. The third-order valence-electron chi connectivity index (χ3n) is 5.20. The number of nitrogens with one attached hydrogen (secondary N) is 1. The van der Waals surface area contributed by atoms with Crippen LogP contribution in [-0.4, -0.2) is 39.8 Å². The summed E-state index contributed by atoms with van der Waals surface area (Å²) in [6, 6.07) is 4.84. The molecule has 0 fully saturated rings. The van der Waals surface area contributed by atoms with E-state index < -0.39 is 58.9 Å². The molecule has 0 bridgehead atoms. The van der Waals surface area contributed by atoms with Gasteiger partial charge in [0.05, 0.1) is 11.6 Å². The van der Waals surface area contributed by atoms with Crippen molar-refractivity contribution in [3.05, 3.63) is 69.3 Å². The van der Waals surface area contributed by atoms with Gasteiger partial charge in [0.15, 0.2) is 11.6 Å². The molecule has 2 heterocycles. The fraction of sp³-hybridized carbons (Fsp3) is 0.190. The third-order valence-corrected chi connectivity index (χ3v) is 5.20. The number of carboxylic acids is 1. The molecule has 3 aromatic rings. The predicted octanol–water partition coefficient (Wildman–Crippen LogP) is 2.66. The molecule has 0 aliphatic carbocycles. The average molecular weight is 466 g/mol. The number of hydrogen-bond donors (Lipinski definition) is 3. The first-order chi connectivity index (χ1) is 15.5. The van der Waals surface area contributed by atoms with Gasteiger partial charge in [0.2, 0.25) is 0 Å². The number of aromatic nitrogens is 1. The largest absolute Gasteiger partial charge is 0.506 e. The van der Waals surface area contributed by atoms with Crippen LogP contribution < -0.4 is 15.6 Å². The van der Waals surface area contributed by atoms with Crippen molar-refractivity contribution in [2.45, 2.75) is 12.2 Å². The van der Waals surface area contributed by atoms with Gasteiger partial charge in [-0.05, 0) is 29.8 Å². The summed E-state index contributed by atoms with van der Waals surface area (Å²) in [6.07, 6.45) is -4.59. The van der Waals surface area contributed by atoms with Crippen molar-refractivity contribution < 1.29 is 42.1 Å². The van der Waals surface area contributed by atoms with Gasteiger partial charge in [-0.2, -0.15) is 13.2 Å². The van der Waals surface area contributed by atoms with E-state index in [0.29, 0.717) is 0 Å². The summed E-state index contributed by atoms with van der Waals surface area (Å²) in [4.78, 5) is 36.5. The van der Waals surface area contributed by atoms with Crippen LogP contribution in [0.2, 0.25) is 0 Å². The number of halogens is 4. The number of hydrogen-bond acceptors (Lipinski definition) is 5. The number of nitrogens with zero attached hydrogens (tertiary/aromatic N) is 1. The number of carbonyl (C=O) groups is 2. The van der Waals surface area contributed by atoms with Crippen LogP contribution in [0.5, 0.6) is 11.5 Å². The van der Waals surface area contributed by atoms with Crippen LogP contribution in [0.4, 0.5) is 17.6 Å². The highest BCUT2D eigenvalue weighted by Gasteiger charge is 2.34. The van der Waals surface area contributed by atoms with Crippen LogP contribution in [0, 0.1) is 5.82 Å². The van der Waals surface area contributed by atoms with Crippen molar-refractivity contribution in [1.82, 2.24) is 9.88 Å². The highest BCUT2D eigenvalue weighted by molar-refractivity contribution is 6.04. The minimum absolute atomic E-state index is 0.136. The van der Waals surface area contributed by atoms with E-state index in [1.807, 2.05) is 5.32 Å². The smallest absolute Gasteiger partial charge is 0.416 e. The summed E-state index contributed by atoms with van der Waals surface area (Å²) in [6.45, 7) is -1.19. The Morgan fingerprint density at radius 3 is 2.42 bits per heavy atom. The lowest BCUT2D eigenvalue weighted by Crippen LogP contribution is -2.39. The number of aliphatic carboxylic acids is 1. The molecule has 33 heavy (non-hydrogen) atoms. The molecule has 0 spiro atoms. The van der Waals surface area contributed by atoms with E-state index >= 15 is 0 Å². The van der Waals surface area contributed by atoms with E-state index in [1.165, 1.54) is 0 Å². The van der Waals surface area contributed by atoms with Gasteiger partial charge in [0.1, 0.15) is 30.0 Å². The minimum Gasteiger partial charge on any atom is -0.506 e. The quantitative estimate of drug-likeness (QED) is 0.509. The molecule has 1 aromatic heterocycles. The summed E-state index contributed by atoms with van der Waals surface area (Å²) < 4.78 is 59.6. The number of carbonyl (C=O) groups excluding carboxylic acids is 1. The zero-order valence-corrected chi connectivity index (χ0v) is 16.4. The highest BCUT2D eigenvalue weighted by atomic mass is 19.4. The van der Waals surface area contributed by atoms with Crippen LogP contribution >= 0.6 is 0 Å². The van der Waals surface area contributed by atoms with Crippen LogP contribution in [0.25, 0.3) is 10.9 Å². The molecule has 172 valence electrons. The summed E-state index contributed by atoms with van der Waals surface area (Å²) in [7, 11) is 0. The molecule has 1 atom stereocenters. The third kappa shape index (κ3) is 3.73. The number of benzene rings is 2. The average Bonchev–Trinajstić information content (AvgIpc) is 2.76. The van der Waals surface area contributed by atoms with E-state index in [2.05, 4.69) is 0 Å². The number of aromatic hydroxyl groups is 1. The molecule has 0 saturated carbocycles. The summed E-state index contributed by atoms with van der Waals surface area (Å²) in [5.74, 6) is -4.63. The molecule has 0 radical (unpaired) electrons. The van der Waals surface area contributed by atoms with Gasteiger partial charge in [-0.25, -0.2) is 4.39 Å². The fourth-order valence-corrected chi connectivity index (χ4v) is 3.69. The van der Waals surface area contributed by atoms with Gasteiger partial charge in [-0.3, -0.25) is 19.0 Å². The van der Waals surface area contributed by atoms with Crippen LogP contribution in [-0.2, 0) is 11.0 Å². The Balaban J connectivity index is 1.95. The second-order valence-corrected chi connectivity index (χ2v) is 7.19. The zero-order chi connectivity index (χ0) is 24.1. The highest BCUT2D eigenvalue weighted by Crippen LogP contribution is 2.40. The Hall–Kier alpha value is -4.09. The standard InChI is InChI=1S/C21H14F4N2O6/c22-12-6-5-11-16-18(12)33-8-13(9-1-3-10(4-2-9)21(23,24)25)27(16)20(32)15(17(11)30)19(31)26-7-14(28)29/h1-6,13,30H,7-8H2,(H,26,31)(H,28,29). The van der Waals surface area contributed by atoms with Gasteiger partial charge >= 0.3 is 12.1 Å². The topological polar surface area (TPSA) is 118 Å². The summed E-state index contributed by atoms with van der Waals surface area (Å²) >= 11 is 0. The van der Waals surface area contributed by atoms with Gasteiger partial charge in [-0.15, -0.1) is 0 Å². The SMILES string of the molecule is O=C(O)CNC(=O)c1c(O)c2ccc(F)c3c2n(c1=O)C(c1ccc(C(F)(F)F)cc1)CO3. The maximum absolute atomic E-state index is 14.4. The Morgan fingerprint density at radius 2 is 1.82 bits per heavy atom. The molecule has 1 aliphatic heterocycles. The van der Waals surface area contributed by atoms with Crippen LogP contribution in [0.15, 0.2) is 41.2 Å². The predicted molar refractivity (Wildman–Crippen MR) is 105 cm³/mol. The Labute approximate surface area is 181 Å². The summed E-state index contributed by atoms with van der Waals surface area (Å²) in [5, 5.41) is 21.2. The fourth-order valence-electron chi connectivity index (χ4n) is 3.69.